The molecule has 1 aliphatic rings. The lowest BCUT2D eigenvalue weighted by Crippen LogP contribution is -2.44. The Bertz CT molecular complexity index is 1010. The number of nitrogens with zero attached hydrogens (tertiary/aromatic N) is 3. The molecule has 0 saturated carbocycles. The first-order valence-corrected chi connectivity index (χ1v) is 12.3. The van der Waals surface area contributed by atoms with Gasteiger partial charge in [0.25, 0.3) is 0 Å². The second-order valence-corrected chi connectivity index (χ2v) is 9.14. The Balaban J connectivity index is 1.28. The topological polar surface area (TPSA) is 83.7 Å². The lowest BCUT2D eigenvalue weighted by Gasteiger charge is -2.33. The number of pyridine rings is 1. The summed E-state index contributed by atoms with van der Waals surface area (Å²) in [6.07, 6.45) is 3.12. The molecule has 0 radical (unpaired) electrons. The van der Waals surface area contributed by atoms with Crippen molar-refractivity contribution in [2.24, 2.45) is 0 Å². The zero-order valence-corrected chi connectivity index (χ0v) is 20.3. The highest BCUT2D eigenvalue weighted by atomic mass is 16.6. The third-order valence-electron chi connectivity index (χ3n) is 6.48. The molecule has 2 aromatic carbocycles. The molecule has 0 aliphatic carbocycles. The zero-order valence-electron chi connectivity index (χ0n) is 20.3. The van der Waals surface area contributed by atoms with E-state index in [2.05, 4.69) is 70.7 Å². The molecule has 1 amide bonds. The van der Waals surface area contributed by atoms with Crippen molar-refractivity contribution in [3.05, 3.63) is 90.1 Å². The van der Waals surface area contributed by atoms with E-state index in [0.717, 1.165) is 31.6 Å². The summed E-state index contributed by atoms with van der Waals surface area (Å²) in [6.45, 7) is 5.37. The Morgan fingerprint density at radius 3 is 2.20 bits per heavy atom. The number of benzene rings is 2. The first-order chi connectivity index (χ1) is 17.1. The fourth-order valence-corrected chi connectivity index (χ4v) is 4.36. The summed E-state index contributed by atoms with van der Waals surface area (Å²) >= 11 is 0. The number of aromatic nitrogens is 1. The minimum absolute atomic E-state index is 0.0760. The van der Waals surface area contributed by atoms with Gasteiger partial charge in [0.15, 0.2) is 0 Å². The molecule has 1 fully saturated rings. The van der Waals surface area contributed by atoms with Gasteiger partial charge in [0.2, 0.25) is 0 Å². The lowest BCUT2D eigenvalue weighted by molar-refractivity contribution is 0.0595. The average molecular weight is 474 g/mol. The van der Waals surface area contributed by atoms with E-state index in [9.17, 15) is 4.79 Å². The van der Waals surface area contributed by atoms with Gasteiger partial charge in [-0.05, 0) is 43.0 Å². The van der Waals surface area contributed by atoms with Gasteiger partial charge in [0.1, 0.15) is 12.4 Å². The molecule has 7 heteroatoms. The maximum absolute atomic E-state index is 12.8. The van der Waals surface area contributed by atoms with E-state index in [1.54, 1.807) is 11.1 Å². The van der Waals surface area contributed by atoms with Crippen LogP contribution in [0.5, 0.6) is 0 Å². The van der Waals surface area contributed by atoms with Crippen molar-refractivity contribution >= 4 is 17.6 Å². The normalized spacial score (nSPS) is 15.1. The van der Waals surface area contributed by atoms with Crippen LogP contribution in [-0.2, 0) is 17.8 Å². The summed E-state index contributed by atoms with van der Waals surface area (Å²) in [4.78, 5) is 21.1. The standard InChI is InChI=1S/C28H35N5O2/c1-22(33(19-23-9-4-2-5-10-23)20-24-11-6-3-7-12-24)21-35-28(34)32-17-14-25(15-18-32)31-26-13-8-16-30-27(26)29/h2-13,16,22,25,31H,14-15,17-21H2,1H3,(H2,29,30)/t22-/m0/s1. The summed E-state index contributed by atoms with van der Waals surface area (Å²) in [5, 5.41) is 3.45. The minimum Gasteiger partial charge on any atom is -0.448 e. The maximum atomic E-state index is 12.8. The van der Waals surface area contributed by atoms with E-state index in [-0.39, 0.29) is 18.2 Å². The molecule has 35 heavy (non-hydrogen) atoms. The molecule has 3 N–H and O–H groups in total. The van der Waals surface area contributed by atoms with Gasteiger partial charge in [-0.3, -0.25) is 4.90 Å². The molecule has 1 saturated heterocycles. The summed E-state index contributed by atoms with van der Waals surface area (Å²) in [5.74, 6) is 0.499. The van der Waals surface area contributed by atoms with Crippen LogP contribution in [0, 0.1) is 0 Å². The van der Waals surface area contributed by atoms with Crippen molar-refractivity contribution in [2.45, 2.75) is 44.9 Å². The first kappa shape index (κ1) is 24.5. The van der Waals surface area contributed by atoms with Crippen LogP contribution in [0.3, 0.4) is 0 Å². The van der Waals surface area contributed by atoms with Crippen LogP contribution in [0.4, 0.5) is 16.3 Å². The second kappa shape index (κ2) is 12.2. The van der Waals surface area contributed by atoms with Crippen LogP contribution in [-0.4, -0.2) is 52.7 Å². The molecule has 0 unspecified atom stereocenters. The van der Waals surface area contributed by atoms with Crippen LogP contribution < -0.4 is 11.1 Å². The molecular formula is C28H35N5O2. The number of hydrogen-bond acceptors (Lipinski definition) is 6. The minimum atomic E-state index is -0.240. The maximum Gasteiger partial charge on any atom is 0.409 e. The molecule has 0 spiro atoms. The molecule has 2 heterocycles. The second-order valence-electron chi connectivity index (χ2n) is 9.14. The zero-order chi connectivity index (χ0) is 24.5. The number of piperidine rings is 1. The fraction of sp³-hybridized carbons (Fsp3) is 0.357. The van der Waals surface area contributed by atoms with E-state index in [1.807, 2.05) is 24.3 Å². The molecule has 1 aromatic heterocycles. The van der Waals surface area contributed by atoms with Gasteiger partial charge in [-0.2, -0.15) is 0 Å². The monoisotopic (exact) mass is 473 g/mol. The van der Waals surface area contributed by atoms with Gasteiger partial charge in [-0.25, -0.2) is 9.78 Å². The average Bonchev–Trinajstić information content (AvgIpc) is 2.90. The largest absolute Gasteiger partial charge is 0.448 e. The van der Waals surface area contributed by atoms with E-state index in [0.29, 0.717) is 25.5 Å². The molecule has 7 nitrogen and oxygen atoms in total. The van der Waals surface area contributed by atoms with E-state index in [1.165, 1.54) is 11.1 Å². The molecule has 1 aliphatic heterocycles. The number of carbonyl (C=O) groups excluding carboxylic acids is 1. The lowest BCUT2D eigenvalue weighted by atomic mass is 10.1. The summed E-state index contributed by atoms with van der Waals surface area (Å²) < 4.78 is 5.77. The number of hydrogen-bond donors (Lipinski definition) is 2. The van der Waals surface area contributed by atoms with Gasteiger partial charge in [-0.1, -0.05) is 60.7 Å². The Morgan fingerprint density at radius 2 is 1.63 bits per heavy atom. The smallest absolute Gasteiger partial charge is 0.409 e. The highest BCUT2D eigenvalue weighted by Gasteiger charge is 2.25. The summed E-state index contributed by atoms with van der Waals surface area (Å²) in [7, 11) is 0. The van der Waals surface area contributed by atoms with Crippen molar-refractivity contribution in [1.82, 2.24) is 14.8 Å². The number of rotatable bonds is 9. The number of likely N-dealkylation sites (tertiary alicyclic amines) is 1. The first-order valence-electron chi connectivity index (χ1n) is 12.3. The summed E-state index contributed by atoms with van der Waals surface area (Å²) in [6, 6.07) is 25.0. The van der Waals surface area contributed by atoms with Crippen molar-refractivity contribution in [2.75, 3.05) is 30.7 Å². The van der Waals surface area contributed by atoms with Crippen LogP contribution >= 0.6 is 0 Å². The van der Waals surface area contributed by atoms with E-state index in [4.69, 9.17) is 10.5 Å². The van der Waals surface area contributed by atoms with Crippen molar-refractivity contribution in [1.29, 1.82) is 0 Å². The van der Waals surface area contributed by atoms with E-state index < -0.39 is 0 Å². The Hall–Kier alpha value is -3.58. The predicted octanol–water partition coefficient (Wildman–Crippen LogP) is 4.77. The number of nitrogens with one attached hydrogen (secondary N) is 1. The fourth-order valence-electron chi connectivity index (χ4n) is 4.36. The third kappa shape index (κ3) is 7.20. The molecule has 3 aromatic rings. The predicted molar refractivity (Wildman–Crippen MR) is 140 cm³/mol. The Morgan fingerprint density at radius 1 is 1.03 bits per heavy atom. The Kier molecular flexibility index (Phi) is 8.57. The van der Waals surface area contributed by atoms with Gasteiger partial charge in [0.05, 0.1) is 5.69 Å². The van der Waals surface area contributed by atoms with Gasteiger partial charge in [-0.15, -0.1) is 0 Å². The quantitative estimate of drug-likeness (QED) is 0.466. The van der Waals surface area contributed by atoms with Crippen molar-refractivity contribution in [3.8, 4) is 0 Å². The molecular weight excluding hydrogens is 438 g/mol. The molecule has 184 valence electrons. The van der Waals surface area contributed by atoms with Crippen molar-refractivity contribution in [3.63, 3.8) is 0 Å². The van der Waals surface area contributed by atoms with Crippen LogP contribution in [0.15, 0.2) is 79.0 Å². The summed E-state index contributed by atoms with van der Waals surface area (Å²) in [5.41, 5.74) is 9.27. The van der Waals surface area contributed by atoms with Crippen molar-refractivity contribution < 1.29 is 9.53 Å². The molecule has 4 rings (SSSR count). The number of nitrogens with two attached hydrogens (primary N) is 1. The highest BCUT2D eigenvalue weighted by molar-refractivity contribution is 5.68. The number of nitrogen functional groups attached to an aromatic ring is 1. The van der Waals surface area contributed by atoms with Crippen LogP contribution in [0.2, 0.25) is 0 Å². The van der Waals surface area contributed by atoms with E-state index >= 15 is 0 Å². The van der Waals surface area contributed by atoms with Gasteiger partial charge in [0, 0.05) is 44.5 Å². The molecule has 1 atom stereocenters. The number of anilines is 2. The number of carbonyl (C=O) groups is 1. The number of amides is 1. The third-order valence-corrected chi connectivity index (χ3v) is 6.48. The van der Waals surface area contributed by atoms with Crippen LogP contribution in [0.25, 0.3) is 0 Å². The highest BCUT2D eigenvalue weighted by Crippen LogP contribution is 2.21. The SMILES string of the molecule is C[C@@H](COC(=O)N1CCC(Nc2cccnc2N)CC1)N(Cc1ccccc1)Cc1ccccc1. The van der Waals surface area contributed by atoms with Gasteiger partial charge < -0.3 is 20.7 Å². The Labute approximate surface area is 207 Å². The van der Waals surface area contributed by atoms with Crippen LogP contribution in [0.1, 0.15) is 30.9 Å². The molecule has 0 bridgehead atoms. The number of ether oxygens (including phenoxy) is 1. The van der Waals surface area contributed by atoms with Gasteiger partial charge >= 0.3 is 6.09 Å².